The highest BCUT2D eigenvalue weighted by Crippen LogP contribution is 2.30. The Hall–Kier alpha value is -1.74. The molecule has 2 aromatic heterocycles. The van der Waals surface area contributed by atoms with Gasteiger partial charge in [0.2, 0.25) is 5.91 Å². The number of thioether (sulfide) groups is 1. The average molecular weight is 422 g/mol. The first-order valence-electron chi connectivity index (χ1n) is 6.36. The van der Waals surface area contributed by atoms with Gasteiger partial charge in [-0.25, -0.2) is 9.97 Å². The molecule has 2 N–H and O–H groups in total. The minimum absolute atomic E-state index is 0.437. The van der Waals surface area contributed by atoms with Crippen molar-refractivity contribution in [2.45, 2.75) is 5.16 Å². The van der Waals surface area contributed by atoms with E-state index in [1.807, 2.05) is 18.4 Å². The second kappa shape index (κ2) is 6.17. The quantitative estimate of drug-likeness (QED) is 0.399. The van der Waals surface area contributed by atoms with E-state index in [4.69, 9.17) is 5.73 Å². The van der Waals surface area contributed by atoms with Gasteiger partial charge in [-0.3, -0.25) is 9.78 Å². The molecule has 0 saturated heterocycles. The minimum atomic E-state index is -0.481. The van der Waals surface area contributed by atoms with Gasteiger partial charge in [-0.15, -0.1) is 0 Å². The SMILES string of the molecule is CSc1ncc2c(-c3ccccc3C(N)=O)ncc(I)c2n1. The molecule has 2 heterocycles. The van der Waals surface area contributed by atoms with E-state index >= 15 is 0 Å². The number of halogens is 1. The molecule has 110 valence electrons. The van der Waals surface area contributed by atoms with Gasteiger partial charge in [-0.05, 0) is 34.9 Å². The molecule has 0 bridgehead atoms. The number of carbonyl (C=O) groups excluding carboxylic acids is 1. The van der Waals surface area contributed by atoms with Crippen LogP contribution in [0.5, 0.6) is 0 Å². The summed E-state index contributed by atoms with van der Waals surface area (Å²) in [4.78, 5) is 25.0. The molecule has 3 rings (SSSR count). The number of aromatic nitrogens is 3. The van der Waals surface area contributed by atoms with Gasteiger partial charge in [0.1, 0.15) is 0 Å². The molecule has 1 amide bonds. The summed E-state index contributed by atoms with van der Waals surface area (Å²) < 4.78 is 0.936. The summed E-state index contributed by atoms with van der Waals surface area (Å²) in [5.74, 6) is -0.481. The average Bonchev–Trinajstić information content (AvgIpc) is 2.55. The summed E-state index contributed by atoms with van der Waals surface area (Å²) in [5.41, 5.74) is 8.08. The first kappa shape index (κ1) is 15.2. The van der Waals surface area contributed by atoms with Crippen LogP contribution in [-0.4, -0.2) is 27.1 Å². The van der Waals surface area contributed by atoms with E-state index in [1.54, 1.807) is 24.5 Å². The van der Waals surface area contributed by atoms with Crippen LogP contribution >= 0.6 is 34.4 Å². The number of hydrogen-bond donors (Lipinski definition) is 1. The smallest absolute Gasteiger partial charge is 0.249 e. The number of amides is 1. The molecule has 0 saturated carbocycles. The molecule has 0 fully saturated rings. The number of fused-ring (bicyclic) bond motifs is 1. The predicted octanol–water partition coefficient (Wildman–Crippen LogP) is 3.12. The maximum Gasteiger partial charge on any atom is 0.249 e. The Kier molecular flexibility index (Phi) is 4.25. The molecule has 22 heavy (non-hydrogen) atoms. The third-order valence-electron chi connectivity index (χ3n) is 3.19. The van der Waals surface area contributed by atoms with Crippen LogP contribution in [0.25, 0.3) is 22.2 Å². The third-order valence-corrected chi connectivity index (χ3v) is 4.54. The van der Waals surface area contributed by atoms with E-state index in [2.05, 4.69) is 37.5 Å². The van der Waals surface area contributed by atoms with Crippen molar-refractivity contribution in [3.05, 3.63) is 45.8 Å². The van der Waals surface area contributed by atoms with Crippen molar-refractivity contribution < 1.29 is 4.79 Å². The van der Waals surface area contributed by atoms with E-state index in [9.17, 15) is 4.79 Å². The molecule has 0 spiro atoms. The van der Waals surface area contributed by atoms with E-state index in [1.165, 1.54) is 11.8 Å². The number of hydrogen-bond acceptors (Lipinski definition) is 5. The molecule has 7 heteroatoms. The molecular weight excluding hydrogens is 411 g/mol. The maximum absolute atomic E-state index is 11.7. The van der Waals surface area contributed by atoms with Crippen LogP contribution in [-0.2, 0) is 0 Å². The van der Waals surface area contributed by atoms with Gasteiger partial charge >= 0.3 is 0 Å². The number of nitrogens with two attached hydrogens (primary N) is 1. The Morgan fingerprint density at radius 3 is 2.73 bits per heavy atom. The number of primary amides is 1. The van der Waals surface area contributed by atoms with Gasteiger partial charge in [0, 0.05) is 28.9 Å². The zero-order valence-electron chi connectivity index (χ0n) is 11.6. The highest BCUT2D eigenvalue weighted by atomic mass is 127. The molecular formula is C15H11IN4OS. The zero-order valence-corrected chi connectivity index (χ0v) is 14.6. The zero-order chi connectivity index (χ0) is 15.7. The van der Waals surface area contributed by atoms with E-state index in [-0.39, 0.29) is 0 Å². The van der Waals surface area contributed by atoms with Gasteiger partial charge in [-0.1, -0.05) is 30.0 Å². The van der Waals surface area contributed by atoms with Crippen LogP contribution in [0.1, 0.15) is 10.4 Å². The summed E-state index contributed by atoms with van der Waals surface area (Å²) in [7, 11) is 0. The standard InChI is InChI=1S/C15H11IN4OS/c1-22-15-19-6-10-12(18-7-11(16)13(10)20-15)8-4-2-3-5-9(8)14(17)21/h2-7H,1H3,(H2,17,21). The molecule has 0 aliphatic carbocycles. The maximum atomic E-state index is 11.7. The normalized spacial score (nSPS) is 10.8. The highest BCUT2D eigenvalue weighted by Gasteiger charge is 2.15. The van der Waals surface area contributed by atoms with Crippen LogP contribution in [0.3, 0.4) is 0 Å². The second-order valence-electron chi connectivity index (χ2n) is 4.48. The summed E-state index contributed by atoms with van der Waals surface area (Å²) in [6.07, 6.45) is 5.42. The minimum Gasteiger partial charge on any atom is -0.366 e. The largest absolute Gasteiger partial charge is 0.366 e. The molecule has 3 aromatic rings. The van der Waals surface area contributed by atoms with Crippen molar-refractivity contribution in [2.75, 3.05) is 6.26 Å². The van der Waals surface area contributed by atoms with Crippen LogP contribution < -0.4 is 5.73 Å². The number of nitrogens with zero attached hydrogens (tertiary/aromatic N) is 3. The lowest BCUT2D eigenvalue weighted by Gasteiger charge is -2.10. The number of pyridine rings is 1. The number of benzene rings is 1. The Balaban J connectivity index is 2.33. The Morgan fingerprint density at radius 2 is 2.00 bits per heavy atom. The van der Waals surface area contributed by atoms with E-state index in [0.717, 1.165) is 14.5 Å². The Bertz CT molecular complexity index is 885. The fourth-order valence-corrected chi connectivity index (χ4v) is 3.08. The van der Waals surface area contributed by atoms with Crippen LogP contribution in [0.4, 0.5) is 0 Å². The van der Waals surface area contributed by atoms with Crippen molar-refractivity contribution in [3.8, 4) is 11.3 Å². The number of rotatable bonds is 3. The molecule has 0 unspecified atom stereocenters. The van der Waals surface area contributed by atoms with Crippen LogP contribution in [0.2, 0.25) is 0 Å². The van der Waals surface area contributed by atoms with Gasteiger partial charge in [-0.2, -0.15) is 0 Å². The molecule has 0 atom stereocenters. The molecule has 0 aliphatic heterocycles. The van der Waals surface area contributed by atoms with E-state index < -0.39 is 5.91 Å². The first-order chi connectivity index (χ1) is 10.6. The van der Waals surface area contributed by atoms with Gasteiger partial charge in [0.25, 0.3) is 0 Å². The summed E-state index contributed by atoms with van der Waals surface area (Å²) in [5, 5.41) is 1.50. The van der Waals surface area contributed by atoms with Crippen molar-refractivity contribution in [1.29, 1.82) is 0 Å². The van der Waals surface area contributed by atoms with Crippen LogP contribution in [0, 0.1) is 3.57 Å². The lowest BCUT2D eigenvalue weighted by Crippen LogP contribution is -2.12. The van der Waals surface area contributed by atoms with Crippen molar-refractivity contribution in [2.24, 2.45) is 5.73 Å². The molecule has 0 aliphatic rings. The third kappa shape index (κ3) is 2.66. The van der Waals surface area contributed by atoms with Gasteiger partial charge in [0.05, 0.1) is 14.8 Å². The topological polar surface area (TPSA) is 81.8 Å². The molecule has 1 aromatic carbocycles. The number of carbonyl (C=O) groups is 1. The van der Waals surface area contributed by atoms with Gasteiger partial charge < -0.3 is 5.73 Å². The first-order valence-corrected chi connectivity index (χ1v) is 8.66. The Labute approximate surface area is 144 Å². The monoisotopic (exact) mass is 422 g/mol. The summed E-state index contributed by atoms with van der Waals surface area (Å²) in [6.45, 7) is 0. The summed E-state index contributed by atoms with van der Waals surface area (Å²) in [6, 6.07) is 7.16. The lowest BCUT2D eigenvalue weighted by molar-refractivity contribution is 0.100. The molecule has 5 nitrogen and oxygen atoms in total. The Morgan fingerprint density at radius 1 is 1.23 bits per heavy atom. The fraction of sp³-hybridized carbons (Fsp3) is 0.0667. The van der Waals surface area contributed by atoms with Crippen molar-refractivity contribution in [3.63, 3.8) is 0 Å². The van der Waals surface area contributed by atoms with Gasteiger partial charge in [0.15, 0.2) is 5.16 Å². The van der Waals surface area contributed by atoms with E-state index in [0.29, 0.717) is 22.0 Å². The highest BCUT2D eigenvalue weighted by molar-refractivity contribution is 14.1. The molecule has 0 radical (unpaired) electrons. The van der Waals surface area contributed by atoms with Crippen LogP contribution in [0.15, 0.2) is 41.8 Å². The second-order valence-corrected chi connectivity index (χ2v) is 6.42. The summed E-state index contributed by atoms with van der Waals surface area (Å²) >= 11 is 3.68. The van der Waals surface area contributed by atoms with Crippen molar-refractivity contribution >= 4 is 51.2 Å². The lowest BCUT2D eigenvalue weighted by atomic mass is 10.0. The predicted molar refractivity (Wildman–Crippen MR) is 95.8 cm³/mol. The van der Waals surface area contributed by atoms with Crippen molar-refractivity contribution in [1.82, 2.24) is 15.0 Å². The fourth-order valence-electron chi connectivity index (χ4n) is 2.19.